The molecule has 0 aliphatic carbocycles. The predicted octanol–water partition coefficient (Wildman–Crippen LogP) is 4.94. The van der Waals surface area contributed by atoms with Crippen molar-refractivity contribution >= 4 is 13.3 Å². The number of benzene rings is 1. The molecular formula is C19H26FNSi. The summed E-state index contributed by atoms with van der Waals surface area (Å²) in [5.41, 5.74) is 2.14. The maximum atomic E-state index is 14.5. The molecular weight excluding hydrogens is 289 g/mol. The Kier molecular flexibility index (Phi) is 3.74. The summed E-state index contributed by atoms with van der Waals surface area (Å²) >= 11 is 0. The van der Waals surface area contributed by atoms with E-state index in [1.54, 1.807) is 0 Å². The highest BCUT2D eigenvalue weighted by Crippen LogP contribution is 2.23. The Morgan fingerprint density at radius 2 is 1.95 bits per heavy atom. The van der Waals surface area contributed by atoms with Gasteiger partial charge in [0.05, 0.1) is 13.8 Å². The number of pyridine rings is 1. The number of hydrogen-bond acceptors (Lipinski definition) is 1. The van der Waals surface area contributed by atoms with Crippen LogP contribution >= 0.6 is 0 Å². The Balaban J connectivity index is 2.53. The van der Waals surface area contributed by atoms with Crippen LogP contribution in [0.5, 0.6) is 0 Å². The molecule has 0 atom stereocenters. The largest absolute Gasteiger partial charge is 0.256 e. The molecule has 0 aliphatic heterocycles. The third kappa shape index (κ3) is 3.83. The van der Waals surface area contributed by atoms with Crippen LogP contribution in [-0.4, -0.2) is 13.1 Å². The van der Waals surface area contributed by atoms with E-state index in [2.05, 4.69) is 38.5 Å². The second-order valence-electron chi connectivity index (χ2n) is 7.27. The minimum atomic E-state index is -2.31. The maximum absolute atomic E-state index is 14.5. The van der Waals surface area contributed by atoms with Gasteiger partial charge in [-0.1, -0.05) is 39.6 Å². The van der Waals surface area contributed by atoms with Crippen molar-refractivity contribution in [1.29, 1.82) is 0 Å². The third-order valence-corrected chi connectivity index (χ3v) is 5.74. The van der Waals surface area contributed by atoms with Crippen LogP contribution in [0.15, 0.2) is 30.5 Å². The summed E-state index contributed by atoms with van der Waals surface area (Å²) in [4.78, 5) is 4.49. The van der Waals surface area contributed by atoms with Gasteiger partial charge in [-0.3, -0.25) is 4.98 Å². The Bertz CT molecular complexity index is 764. The molecule has 2 rings (SSSR count). The molecule has 1 nitrogen and oxygen atoms in total. The summed E-state index contributed by atoms with van der Waals surface area (Å²) < 4.78 is 36.7. The summed E-state index contributed by atoms with van der Waals surface area (Å²) in [7, 11) is -1.55. The Morgan fingerprint density at radius 1 is 1.23 bits per heavy atom. The number of aromatic nitrogens is 1. The minimum Gasteiger partial charge on any atom is -0.256 e. The van der Waals surface area contributed by atoms with Gasteiger partial charge in [0, 0.05) is 15.9 Å². The van der Waals surface area contributed by atoms with Crippen LogP contribution in [-0.2, 0) is 6.42 Å². The Labute approximate surface area is 138 Å². The smallest absolute Gasteiger partial charge is 0.132 e. The highest BCUT2D eigenvalue weighted by atomic mass is 28.3. The number of aryl methyl sites for hydroxylation is 1. The fraction of sp³-hybridized carbons (Fsp3) is 0.421. The molecule has 22 heavy (non-hydrogen) atoms. The zero-order valence-corrected chi connectivity index (χ0v) is 15.0. The zero-order valence-electron chi connectivity index (χ0n) is 17.0. The molecule has 0 saturated carbocycles. The van der Waals surface area contributed by atoms with Crippen molar-refractivity contribution in [3.8, 4) is 11.3 Å². The van der Waals surface area contributed by atoms with Crippen LogP contribution in [0.3, 0.4) is 0 Å². The Morgan fingerprint density at radius 3 is 2.50 bits per heavy atom. The summed E-state index contributed by atoms with van der Waals surface area (Å²) in [6.07, 6.45) is 2.81. The number of nitrogens with zero attached hydrogens (tertiary/aromatic N) is 1. The van der Waals surface area contributed by atoms with Gasteiger partial charge in [0.25, 0.3) is 0 Å². The third-order valence-electron chi connectivity index (χ3n) is 3.67. The van der Waals surface area contributed by atoms with Crippen LogP contribution in [0.1, 0.15) is 29.1 Å². The van der Waals surface area contributed by atoms with E-state index in [4.69, 9.17) is 4.11 Å². The highest BCUT2D eigenvalue weighted by Gasteiger charge is 2.22. The molecule has 0 fully saturated rings. The van der Waals surface area contributed by atoms with Gasteiger partial charge in [-0.15, -0.1) is 0 Å². The van der Waals surface area contributed by atoms with Gasteiger partial charge in [0.15, 0.2) is 0 Å². The van der Waals surface area contributed by atoms with E-state index in [1.165, 1.54) is 22.9 Å². The first-order valence-electron chi connectivity index (χ1n) is 9.19. The van der Waals surface area contributed by atoms with Gasteiger partial charge in [-0.25, -0.2) is 4.39 Å². The van der Waals surface area contributed by atoms with Crippen LogP contribution < -0.4 is 5.19 Å². The van der Waals surface area contributed by atoms with E-state index in [1.807, 2.05) is 12.3 Å². The minimum absolute atomic E-state index is 0.00914. The van der Waals surface area contributed by atoms with Crippen molar-refractivity contribution < 1.29 is 8.50 Å². The van der Waals surface area contributed by atoms with Crippen molar-refractivity contribution in [3.05, 3.63) is 47.4 Å². The van der Waals surface area contributed by atoms with Gasteiger partial charge >= 0.3 is 0 Å². The summed E-state index contributed by atoms with van der Waals surface area (Å²) in [6, 6.07) is 6.05. The van der Waals surface area contributed by atoms with E-state index < -0.39 is 20.7 Å². The molecule has 1 aromatic heterocycles. The van der Waals surface area contributed by atoms with Gasteiger partial charge in [-0.2, -0.15) is 0 Å². The lowest BCUT2D eigenvalue weighted by Gasteiger charge is -2.22. The first-order valence-corrected chi connectivity index (χ1v) is 11.2. The van der Waals surface area contributed by atoms with Crippen molar-refractivity contribution in [2.75, 3.05) is 0 Å². The summed E-state index contributed by atoms with van der Waals surface area (Å²) in [5, 5.41) is 1.30. The van der Waals surface area contributed by atoms with Gasteiger partial charge < -0.3 is 0 Å². The molecule has 0 amide bonds. The van der Waals surface area contributed by atoms with E-state index in [9.17, 15) is 4.39 Å². The fourth-order valence-corrected chi connectivity index (χ4v) is 4.24. The average molecular weight is 319 g/mol. The van der Waals surface area contributed by atoms with E-state index in [-0.39, 0.29) is 5.56 Å². The fourth-order valence-electron chi connectivity index (χ4n) is 2.65. The van der Waals surface area contributed by atoms with Crippen LogP contribution in [0.25, 0.3) is 11.3 Å². The lowest BCUT2D eigenvalue weighted by Crippen LogP contribution is -2.40. The molecule has 2 aromatic rings. The molecule has 0 bridgehead atoms. The molecule has 3 heteroatoms. The van der Waals surface area contributed by atoms with Crippen LogP contribution in [0.2, 0.25) is 19.6 Å². The topological polar surface area (TPSA) is 12.9 Å². The molecule has 0 aliphatic rings. The highest BCUT2D eigenvalue weighted by molar-refractivity contribution is 6.89. The first-order chi connectivity index (χ1) is 11.4. The average Bonchev–Trinajstić information content (AvgIpc) is 2.44. The van der Waals surface area contributed by atoms with Gasteiger partial charge in [0.2, 0.25) is 0 Å². The standard InChI is InChI=1S/C19H26FNSi/c1-13(2)9-15-11-18(21-12-19(15)22(4,5)6)16-8-7-14(3)10-17(16)20/h7-8,10-13H,9H2,1-6H3/i3D3. The van der Waals surface area contributed by atoms with E-state index in [0.717, 1.165) is 12.5 Å². The Hall–Kier alpha value is -1.48. The quantitative estimate of drug-likeness (QED) is 0.728. The molecule has 0 radical (unpaired) electrons. The molecule has 118 valence electrons. The zero-order chi connectivity index (χ0) is 19.0. The molecule has 0 N–H and O–H groups in total. The van der Waals surface area contributed by atoms with Crippen molar-refractivity contribution in [3.63, 3.8) is 0 Å². The second kappa shape index (κ2) is 6.33. The summed E-state index contributed by atoms with van der Waals surface area (Å²) in [6.45, 7) is 8.86. The van der Waals surface area contributed by atoms with Crippen molar-refractivity contribution in [2.45, 2.75) is 46.8 Å². The first kappa shape index (κ1) is 13.0. The predicted molar refractivity (Wildman–Crippen MR) is 95.9 cm³/mol. The number of hydrogen-bond donors (Lipinski definition) is 0. The van der Waals surface area contributed by atoms with E-state index in [0.29, 0.717) is 17.2 Å². The second-order valence-corrected chi connectivity index (χ2v) is 12.3. The number of rotatable bonds is 4. The molecule has 0 saturated heterocycles. The molecule has 0 unspecified atom stereocenters. The maximum Gasteiger partial charge on any atom is 0.132 e. The lowest BCUT2D eigenvalue weighted by atomic mass is 10.0. The van der Waals surface area contributed by atoms with Crippen LogP contribution in [0.4, 0.5) is 4.39 Å². The van der Waals surface area contributed by atoms with Crippen molar-refractivity contribution in [1.82, 2.24) is 4.98 Å². The normalized spacial score (nSPS) is 14.6. The van der Waals surface area contributed by atoms with Crippen molar-refractivity contribution in [2.24, 2.45) is 5.92 Å². The lowest BCUT2D eigenvalue weighted by molar-refractivity contribution is 0.629. The van der Waals surface area contributed by atoms with Gasteiger partial charge in [0.1, 0.15) is 5.82 Å². The summed E-state index contributed by atoms with van der Waals surface area (Å²) in [5.74, 6) is -0.0505. The monoisotopic (exact) mass is 318 g/mol. The SMILES string of the molecule is [2H]C([2H])([2H])c1ccc(-c2cc(CC(C)C)c([Si](C)(C)C)cn2)c(F)c1. The van der Waals surface area contributed by atoms with Crippen LogP contribution in [0, 0.1) is 18.6 Å². The number of halogens is 1. The molecule has 1 aromatic carbocycles. The van der Waals surface area contributed by atoms with E-state index >= 15 is 0 Å². The molecule has 0 spiro atoms. The van der Waals surface area contributed by atoms with Gasteiger partial charge in [-0.05, 0) is 53.7 Å². The molecule has 1 heterocycles.